The maximum Gasteiger partial charge on any atom is 0.244 e. The van der Waals surface area contributed by atoms with Crippen molar-refractivity contribution >= 4 is 12.0 Å². The molecule has 0 atom stereocenters. The molecule has 2 rings (SSSR count). The number of hydrogen-bond donors (Lipinski definition) is 1. The van der Waals surface area contributed by atoms with Gasteiger partial charge in [-0.2, -0.15) is 0 Å². The predicted molar refractivity (Wildman–Crippen MR) is 101 cm³/mol. The number of hydrogen-bond acceptors (Lipinski definition) is 3. The molecule has 25 heavy (non-hydrogen) atoms. The molecule has 0 aliphatic heterocycles. The number of nitrogens with one attached hydrogen (secondary N) is 1. The third-order valence-electron chi connectivity index (χ3n) is 3.94. The lowest BCUT2D eigenvalue weighted by atomic mass is 10.0. The zero-order valence-electron chi connectivity index (χ0n) is 15.2. The van der Waals surface area contributed by atoms with Crippen molar-refractivity contribution in [3.63, 3.8) is 0 Å². The van der Waals surface area contributed by atoms with Crippen LogP contribution in [0.25, 0.3) is 6.08 Å². The molecule has 0 fully saturated rings. The van der Waals surface area contributed by atoms with Crippen LogP contribution in [0.2, 0.25) is 0 Å². The van der Waals surface area contributed by atoms with Crippen LogP contribution in [-0.4, -0.2) is 20.1 Å². The van der Waals surface area contributed by atoms with E-state index < -0.39 is 0 Å². The van der Waals surface area contributed by atoms with Gasteiger partial charge in [-0.05, 0) is 40.8 Å². The highest BCUT2D eigenvalue weighted by molar-refractivity contribution is 5.91. The number of rotatable bonds is 7. The van der Waals surface area contributed by atoms with Gasteiger partial charge in [-0.3, -0.25) is 4.79 Å². The molecule has 0 bridgehead atoms. The number of benzene rings is 2. The van der Waals surface area contributed by atoms with Gasteiger partial charge >= 0.3 is 0 Å². The van der Waals surface area contributed by atoms with Gasteiger partial charge in [0.05, 0.1) is 14.2 Å². The minimum Gasteiger partial charge on any atom is -0.493 e. The van der Waals surface area contributed by atoms with Crippen LogP contribution in [-0.2, 0) is 11.3 Å². The van der Waals surface area contributed by atoms with Crippen LogP contribution >= 0.6 is 0 Å². The second kappa shape index (κ2) is 8.92. The smallest absolute Gasteiger partial charge is 0.244 e. The Labute approximate surface area is 149 Å². The summed E-state index contributed by atoms with van der Waals surface area (Å²) in [6, 6.07) is 13.8. The molecule has 0 spiro atoms. The van der Waals surface area contributed by atoms with Gasteiger partial charge in [0.2, 0.25) is 5.91 Å². The van der Waals surface area contributed by atoms with E-state index in [0.717, 1.165) is 11.1 Å². The van der Waals surface area contributed by atoms with Crippen molar-refractivity contribution in [1.82, 2.24) is 5.32 Å². The van der Waals surface area contributed by atoms with Gasteiger partial charge in [0.15, 0.2) is 11.5 Å². The lowest BCUT2D eigenvalue weighted by Crippen LogP contribution is -2.20. The Balaban J connectivity index is 1.92. The first-order valence-corrected chi connectivity index (χ1v) is 8.30. The summed E-state index contributed by atoms with van der Waals surface area (Å²) in [5, 5.41) is 2.87. The number of carbonyl (C=O) groups is 1. The number of methoxy groups -OCH3 is 2. The van der Waals surface area contributed by atoms with Crippen LogP contribution in [0.3, 0.4) is 0 Å². The maximum atomic E-state index is 12.0. The molecule has 0 heterocycles. The normalized spacial score (nSPS) is 10.9. The topological polar surface area (TPSA) is 47.6 Å². The predicted octanol–water partition coefficient (Wildman–Crippen LogP) is 4.16. The van der Waals surface area contributed by atoms with E-state index in [0.29, 0.717) is 24.0 Å². The van der Waals surface area contributed by atoms with E-state index in [1.54, 1.807) is 20.3 Å². The van der Waals surface area contributed by atoms with Gasteiger partial charge < -0.3 is 14.8 Å². The summed E-state index contributed by atoms with van der Waals surface area (Å²) in [7, 11) is 3.19. The highest BCUT2D eigenvalue weighted by Crippen LogP contribution is 2.27. The molecule has 0 saturated carbocycles. The summed E-state index contributed by atoms with van der Waals surface area (Å²) in [6.45, 7) is 4.74. The zero-order chi connectivity index (χ0) is 18.2. The van der Waals surface area contributed by atoms with Gasteiger partial charge in [0.1, 0.15) is 0 Å². The van der Waals surface area contributed by atoms with Crippen LogP contribution < -0.4 is 14.8 Å². The molecule has 4 heteroatoms. The molecule has 0 radical (unpaired) electrons. The average molecular weight is 339 g/mol. The van der Waals surface area contributed by atoms with E-state index in [1.165, 1.54) is 5.56 Å². The molecule has 1 amide bonds. The third-order valence-corrected chi connectivity index (χ3v) is 3.94. The largest absolute Gasteiger partial charge is 0.493 e. The van der Waals surface area contributed by atoms with Gasteiger partial charge in [-0.1, -0.05) is 44.2 Å². The minimum atomic E-state index is -0.136. The van der Waals surface area contributed by atoms with Crippen molar-refractivity contribution in [2.24, 2.45) is 0 Å². The molecule has 132 valence electrons. The Morgan fingerprint density at radius 3 is 2.32 bits per heavy atom. The zero-order valence-corrected chi connectivity index (χ0v) is 15.2. The standard InChI is InChI=1S/C21H25NO3/c1-15(2)18-9-5-16(6-10-18)8-12-21(23)22-14-17-7-11-19(24-3)20(13-17)25-4/h5-13,15H,14H2,1-4H3,(H,22,23)/b12-8+. The summed E-state index contributed by atoms with van der Waals surface area (Å²) >= 11 is 0. The van der Waals surface area contributed by atoms with E-state index in [2.05, 4.69) is 31.3 Å². The third kappa shape index (κ3) is 5.38. The molecule has 2 aromatic rings. The van der Waals surface area contributed by atoms with Crippen LogP contribution in [0.1, 0.15) is 36.5 Å². The monoisotopic (exact) mass is 339 g/mol. The fraction of sp³-hybridized carbons (Fsp3) is 0.286. The molecule has 0 saturated heterocycles. The first kappa shape index (κ1) is 18.6. The van der Waals surface area contributed by atoms with E-state index in [9.17, 15) is 4.79 Å². The molecule has 0 aromatic heterocycles. The van der Waals surface area contributed by atoms with Crippen LogP contribution in [0, 0.1) is 0 Å². The van der Waals surface area contributed by atoms with Crippen LogP contribution in [0.4, 0.5) is 0 Å². The first-order chi connectivity index (χ1) is 12.0. The Bertz CT molecular complexity index is 733. The molecule has 0 unspecified atom stereocenters. The minimum absolute atomic E-state index is 0.136. The fourth-order valence-corrected chi connectivity index (χ4v) is 2.40. The van der Waals surface area contributed by atoms with Crippen molar-refractivity contribution in [3.8, 4) is 11.5 Å². The highest BCUT2D eigenvalue weighted by Gasteiger charge is 2.05. The van der Waals surface area contributed by atoms with E-state index in [1.807, 2.05) is 36.4 Å². The van der Waals surface area contributed by atoms with Gasteiger partial charge in [0, 0.05) is 12.6 Å². The molecule has 0 aliphatic rings. The lowest BCUT2D eigenvalue weighted by Gasteiger charge is -2.09. The summed E-state index contributed by atoms with van der Waals surface area (Å²) in [5.41, 5.74) is 3.24. The van der Waals surface area contributed by atoms with E-state index >= 15 is 0 Å². The molecule has 2 aromatic carbocycles. The van der Waals surface area contributed by atoms with Gasteiger partial charge in [-0.15, -0.1) is 0 Å². The Morgan fingerprint density at radius 1 is 1.04 bits per heavy atom. The van der Waals surface area contributed by atoms with E-state index in [-0.39, 0.29) is 5.91 Å². The second-order valence-electron chi connectivity index (χ2n) is 6.06. The Hall–Kier alpha value is -2.75. The van der Waals surface area contributed by atoms with Crippen molar-refractivity contribution in [3.05, 3.63) is 65.2 Å². The Morgan fingerprint density at radius 2 is 1.72 bits per heavy atom. The lowest BCUT2D eigenvalue weighted by molar-refractivity contribution is -0.116. The summed E-state index contributed by atoms with van der Waals surface area (Å²) in [6.07, 6.45) is 3.36. The quantitative estimate of drug-likeness (QED) is 0.771. The summed E-state index contributed by atoms with van der Waals surface area (Å²) in [4.78, 5) is 12.0. The van der Waals surface area contributed by atoms with Crippen molar-refractivity contribution in [2.45, 2.75) is 26.3 Å². The first-order valence-electron chi connectivity index (χ1n) is 8.30. The molecular weight excluding hydrogens is 314 g/mol. The fourth-order valence-electron chi connectivity index (χ4n) is 2.40. The summed E-state index contributed by atoms with van der Waals surface area (Å²) < 4.78 is 10.5. The van der Waals surface area contributed by atoms with E-state index in [4.69, 9.17) is 9.47 Å². The van der Waals surface area contributed by atoms with Gasteiger partial charge in [0.25, 0.3) is 0 Å². The summed E-state index contributed by atoms with van der Waals surface area (Å²) in [5.74, 6) is 1.68. The van der Waals surface area contributed by atoms with Crippen molar-refractivity contribution in [1.29, 1.82) is 0 Å². The number of carbonyl (C=O) groups excluding carboxylic acids is 1. The second-order valence-corrected chi connectivity index (χ2v) is 6.06. The SMILES string of the molecule is COc1ccc(CNC(=O)/C=C/c2ccc(C(C)C)cc2)cc1OC. The highest BCUT2D eigenvalue weighted by atomic mass is 16.5. The Kier molecular flexibility index (Phi) is 6.63. The molecular formula is C21H25NO3. The number of amides is 1. The van der Waals surface area contributed by atoms with Crippen molar-refractivity contribution in [2.75, 3.05) is 14.2 Å². The molecule has 1 N–H and O–H groups in total. The molecule has 4 nitrogen and oxygen atoms in total. The van der Waals surface area contributed by atoms with Crippen LogP contribution in [0.5, 0.6) is 11.5 Å². The van der Waals surface area contributed by atoms with Crippen LogP contribution in [0.15, 0.2) is 48.5 Å². The maximum absolute atomic E-state index is 12.0. The number of ether oxygens (including phenoxy) is 2. The van der Waals surface area contributed by atoms with Gasteiger partial charge in [-0.25, -0.2) is 0 Å². The average Bonchev–Trinajstić information content (AvgIpc) is 2.64. The molecule has 0 aliphatic carbocycles. The van der Waals surface area contributed by atoms with Crippen molar-refractivity contribution < 1.29 is 14.3 Å².